The Morgan fingerprint density at radius 2 is 2.07 bits per heavy atom. The molecular formula is C18H18F3N5O2. The van der Waals surface area contributed by atoms with E-state index in [1.165, 1.54) is 29.1 Å². The van der Waals surface area contributed by atoms with Crippen LogP contribution in [0, 0.1) is 0 Å². The number of aromatic nitrogens is 4. The highest BCUT2D eigenvalue weighted by Gasteiger charge is 2.30. The first-order valence-electron chi connectivity index (χ1n) is 8.48. The lowest BCUT2D eigenvalue weighted by molar-refractivity contribution is -0.137. The van der Waals surface area contributed by atoms with Crippen molar-refractivity contribution in [3.63, 3.8) is 0 Å². The van der Waals surface area contributed by atoms with Crippen molar-refractivity contribution < 1.29 is 22.7 Å². The number of carbonyl (C=O) groups excluding carboxylic acids is 1. The maximum absolute atomic E-state index is 12.7. The van der Waals surface area contributed by atoms with E-state index in [0.29, 0.717) is 6.54 Å². The number of rotatable bonds is 7. The lowest BCUT2D eigenvalue weighted by Gasteiger charge is -2.10. The Morgan fingerprint density at radius 1 is 1.25 bits per heavy atom. The number of alkyl halides is 3. The van der Waals surface area contributed by atoms with E-state index in [-0.39, 0.29) is 24.1 Å². The van der Waals surface area contributed by atoms with Gasteiger partial charge >= 0.3 is 6.18 Å². The summed E-state index contributed by atoms with van der Waals surface area (Å²) in [4.78, 5) is 12.2. The molecule has 0 aliphatic rings. The van der Waals surface area contributed by atoms with Crippen molar-refractivity contribution in [1.82, 2.24) is 24.9 Å². The molecule has 0 bridgehead atoms. The highest BCUT2D eigenvalue weighted by Crippen LogP contribution is 2.31. The lowest BCUT2D eigenvalue weighted by Crippen LogP contribution is -2.23. The predicted octanol–water partition coefficient (Wildman–Crippen LogP) is 3.08. The van der Waals surface area contributed by atoms with E-state index in [4.69, 9.17) is 4.74 Å². The van der Waals surface area contributed by atoms with Crippen LogP contribution in [0.2, 0.25) is 0 Å². The van der Waals surface area contributed by atoms with Gasteiger partial charge in [0, 0.05) is 31.0 Å². The standard InChI is InChI=1S/C18H18F3N5O2/c1-2-25-11-13(10-23-25)9-22-17(27)16-6-7-26(24-16)12-28-15-5-3-4-14(8-15)18(19,20)21/h3-8,10-11H,2,9,12H2,1H3,(H,22,27). The third kappa shape index (κ3) is 4.90. The van der Waals surface area contributed by atoms with Crippen LogP contribution in [0.25, 0.3) is 0 Å². The average molecular weight is 393 g/mol. The van der Waals surface area contributed by atoms with Gasteiger partial charge in [-0.25, -0.2) is 4.68 Å². The van der Waals surface area contributed by atoms with E-state index in [0.717, 1.165) is 24.2 Å². The minimum absolute atomic E-state index is 0.0595. The van der Waals surface area contributed by atoms with Gasteiger partial charge in [-0.15, -0.1) is 0 Å². The van der Waals surface area contributed by atoms with Gasteiger partial charge in [0.1, 0.15) is 11.4 Å². The minimum atomic E-state index is -4.44. The van der Waals surface area contributed by atoms with Gasteiger partial charge in [0.25, 0.3) is 5.91 Å². The molecule has 0 aliphatic heterocycles. The smallest absolute Gasteiger partial charge is 0.416 e. The molecule has 2 aromatic heterocycles. The molecule has 0 saturated heterocycles. The second kappa shape index (κ2) is 8.15. The monoisotopic (exact) mass is 393 g/mol. The Morgan fingerprint density at radius 3 is 2.79 bits per heavy atom. The maximum atomic E-state index is 12.7. The van der Waals surface area contributed by atoms with E-state index in [2.05, 4.69) is 15.5 Å². The first kappa shape index (κ1) is 19.5. The number of hydrogen-bond acceptors (Lipinski definition) is 4. The quantitative estimate of drug-likeness (QED) is 0.670. The number of ether oxygens (including phenoxy) is 1. The van der Waals surface area contributed by atoms with Gasteiger partial charge in [-0.3, -0.25) is 9.48 Å². The molecule has 0 spiro atoms. The Bertz CT molecular complexity index is 949. The topological polar surface area (TPSA) is 74.0 Å². The molecule has 0 aliphatic carbocycles. The van der Waals surface area contributed by atoms with Crippen LogP contribution >= 0.6 is 0 Å². The summed E-state index contributed by atoms with van der Waals surface area (Å²) in [5.41, 5.74) is 0.245. The predicted molar refractivity (Wildman–Crippen MR) is 93.4 cm³/mol. The number of benzene rings is 1. The molecule has 1 aromatic carbocycles. The van der Waals surface area contributed by atoms with Crippen molar-refractivity contribution in [2.45, 2.75) is 32.9 Å². The molecule has 1 amide bonds. The Labute approximate surface area is 158 Å². The summed E-state index contributed by atoms with van der Waals surface area (Å²) in [6, 6.07) is 6.06. The molecule has 0 atom stereocenters. The highest BCUT2D eigenvalue weighted by atomic mass is 19.4. The van der Waals surface area contributed by atoms with Crippen LogP contribution < -0.4 is 10.1 Å². The summed E-state index contributed by atoms with van der Waals surface area (Å²) < 4.78 is 46.6. The van der Waals surface area contributed by atoms with Gasteiger partial charge in [-0.05, 0) is 31.2 Å². The molecule has 1 N–H and O–H groups in total. The molecule has 2 heterocycles. The van der Waals surface area contributed by atoms with Crippen molar-refractivity contribution in [3.05, 3.63) is 65.7 Å². The summed E-state index contributed by atoms with van der Waals surface area (Å²) in [6.07, 6.45) is 0.578. The zero-order valence-corrected chi connectivity index (χ0v) is 15.0. The van der Waals surface area contributed by atoms with Crippen LogP contribution in [-0.2, 0) is 26.0 Å². The van der Waals surface area contributed by atoms with Crippen LogP contribution in [0.15, 0.2) is 48.9 Å². The van der Waals surface area contributed by atoms with Gasteiger partial charge in [-0.2, -0.15) is 23.4 Å². The van der Waals surface area contributed by atoms with Crippen LogP contribution in [0.5, 0.6) is 5.75 Å². The molecule has 148 valence electrons. The Kier molecular flexibility index (Phi) is 5.67. The summed E-state index contributed by atoms with van der Waals surface area (Å²) in [5.74, 6) is -0.314. The molecule has 10 heteroatoms. The lowest BCUT2D eigenvalue weighted by atomic mass is 10.2. The van der Waals surface area contributed by atoms with Crippen molar-refractivity contribution in [1.29, 1.82) is 0 Å². The fourth-order valence-electron chi connectivity index (χ4n) is 2.40. The maximum Gasteiger partial charge on any atom is 0.416 e. The van der Waals surface area contributed by atoms with E-state index < -0.39 is 11.7 Å². The zero-order valence-electron chi connectivity index (χ0n) is 15.0. The summed E-state index contributed by atoms with van der Waals surface area (Å²) in [6.45, 7) is 2.89. The third-order valence-corrected chi connectivity index (χ3v) is 3.86. The van der Waals surface area contributed by atoms with Crippen molar-refractivity contribution in [3.8, 4) is 5.75 Å². The van der Waals surface area contributed by atoms with Crippen molar-refractivity contribution >= 4 is 5.91 Å². The van der Waals surface area contributed by atoms with E-state index in [1.54, 1.807) is 10.9 Å². The number of hydrogen-bond donors (Lipinski definition) is 1. The fraction of sp³-hybridized carbons (Fsp3) is 0.278. The summed E-state index contributed by atoms with van der Waals surface area (Å²) in [7, 11) is 0. The number of aryl methyl sites for hydroxylation is 1. The van der Waals surface area contributed by atoms with Gasteiger partial charge < -0.3 is 10.1 Å². The molecule has 3 rings (SSSR count). The molecular weight excluding hydrogens is 375 g/mol. The molecule has 0 radical (unpaired) electrons. The van der Waals surface area contributed by atoms with E-state index in [9.17, 15) is 18.0 Å². The third-order valence-electron chi connectivity index (χ3n) is 3.86. The van der Waals surface area contributed by atoms with Crippen LogP contribution in [0.4, 0.5) is 13.2 Å². The largest absolute Gasteiger partial charge is 0.471 e. The van der Waals surface area contributed by atoms with Crippen LogP contribution in [0.1, 0.15) is 28.5 Å². The molecule has 28 heavy (non-hydrogen) atoms. The highest BCUT2D eigenvalue weighted by molar-refractivity contribution is 5.92. The molecule has 7 nitrogen and oxygen atoms in total. The van der Waals surface area contributed by atoms with Crippen molar-refractivity contribution in [2.75, 3.05) is 0 Å². The normalized spacial score (nSPS) is 11.4. The SMILES string of the molecule is CCn1cc(CNC(=O)c2ccn(COc3cccc(C(F)(F)F)c3)n2)cn1. The molecule has 0 unspecified atom stereocenters. The summed E-state index contributed by atoms with van der Waals surface area (Å²) in [5, 5.41) is 10.9. The number of carbonyl (C=O) groups is 1. The number of nitrogens with one attached hydrogen (secondary N) is 1. The second-order valence-corrected chi connectivity index (χ2v) is 5.93. The van der Waals surface area contributed by atoms with E-state index in [1.807, 2.05) is 13.1 Å². The number of amides is 1. The minimum Gasteiger partial charge on any atom is -0.471 e. The average Bonchev–Trinajstić information content (AvgIpc) is 3.33. The Balaban J connectivity index is 1.54. The summed E-state index contributed by atoms with van der Waals surface area (Å²) >= 11 is 0. The van der Waals surface area contributed by atoms with Gasteiger partial charge in [0.05, 0.1) is 11.8 Å². The molecule has 0 fully saturated rings. The first-order chi connectivity index (χ1) is 13.3. The number of halogens is 3. The fourth-order valence-corrected chi connectivity index (χ4v) is 2.40. The zero-order chi connectivity index (χ0) is 20.1. The Hall–Kier alpha value is -3.30. The molecule has 3 aromatic rings. The number of nitrogens with zero attached hydrogens (tertiary/aromatic N) is 4. The second-order valence-electron chi connectivity index (χ2n) is 5.93. The first-order valence-corrected chi connectivity index (χ1v) is 8.48. The van der Waals surface area contributed by atoms with Crippen LogP contribution in [-0.4, -0.2) is 25.5 Å². The van der Waals surface area contributed by atoms with E-state index >= 15 is 0 Å². The van der Waals surface area contributed by atoms with Crippen LogP contribution in [0.3, 0.4) is 0 Å². The molecule has 0 saturated carbocycles. The van der Waals surface area contributed by atoms with Crippen molar-refractivity contribution in [2.24, 2.45) is 0 Å². The van der Waals surface area contributed by atoms with Gasteiger partial charge in [-0.1, -0.05) is 6.07 Å². The van der Waals surface area contributed by atoms with Gasteiger partial charge in [0.15, 0.2) is 6.73 Å². The van der Waals surface area contributed by atoms with Gasteiger partial charge in [0.2, 0.25) is 0 Å².